The lowest BCUT2D eigenvalue weighted by Crippen LogP contribution is -2.12. The molecule has 2 amide bonds. The molecule has 0 spiro atoms. The summed E-state index contributed by atoms with van der Waals surface area (Å²) in [6, 6.07) is 5.44. The Morgan fingerprint density at radius 3 is 2.69 bits per heavy atom. The van der Waals surface area contributed by atoms with E-state index in [9.17, 15) is 9.59 Å². The average Bonchev–Trinajstić information content (AvgIpc) is 3.25. The van der Waals surface area contributed by atoms with Crippen LogP contribution in [0.2, 0.25) is 0 Å². The lowest BCUT2D eigenvalue weighted by molar-refractivity contribution is -0.117. The normalized spacial score (nSPS) is 17.8. The molecule has 2 aliphatic rings. The molecule has 4 rings (SSSR count). The zero-order chi connectivity index (χ0) is 17.9. The maximum atomic E-state index is 12.4. The first-order valence-corrected chi connectivity index (χ1v) is 10.3. The molecule has 2 fully saturated rings. The molecule has 2 saturated carbocycles. The highest BCUT2D eigenvalue weighted by Gasteiger charge is 2.30. The molecule has 0 atom stereocenters. The maximum absolute atomic E-state index is 12.4. The summed E-state index contributed by atoms with van der Waals surface area (Å²) in [4.78, 5) is 24.7. The maximum Gasteiger partial charge on any atom is 0.267 e. The van der Waals surface area contributed by atoms with Gasteiger partial charge in [0.05, 0.1) is 9.88 Å². The van der Waals surface area contributed by atoms with Gasteiger partial charge in [0.25, 0.3) is 5.91 Å². The molecule has 3 N–H and O–H groups in total. The van der Waals surface area contributed by atoms with Crippen LogP contribution in [0, 0.1) is 11.8 Å². The van der Waals surface area contributed by atoms with Gasteiger partial charge >= 0.3 is 0 Å². The van der Waals surface area contributed by atoms with Crippen molar-refractivity contribution in [3.63, 3.8) is 0 Å². The number of nitrogens with zero attached hydrogens (tertiary/aromatic N) is 1. The molecule has 0 saturated heterocycles. The van der Waals surface area contributed by atoms with E-state index in [2.05, 4.69) is 20.8 Å². The van der Waals surface area contributed by atoms with Gasteiger partial charge in [-0.05, 0) is 37.3 Å². The van der Waals surface area contributed by atoms with E-state index < -0.39 is 0 Å². The van der Waals surface area contributed by atoms with Gasteiger partial charge in [0, 0.05) is 17.7 Å². The summed E-state index contributed by atoms with van der Waals surface area (Å²) in [5.74, 6) is 1.29. The van der Waals surface area contributed by atoms with Crippen LogP contribution >= 0.6 is 11.3 Å². The number of thiophene rings is 1. The molecule has 6 nitrogen and oxygen atoms in total. The number of H-pyrrole nitrogens is 1. The molecule has 0 aromatic carbocycles. The van der Waals surface area contributed by atoms with E-state index in [1.54, 1.807) is 12.1 Å². The number of anilines is 2. The lowest BCUT2D eigenvalue weighted by Gasteiger charge is -2.20. The second-order valence-corrected chi connectivity index (χ2v) is 8.45. The third kappa shape index (κ3) is 4.33. The molecule has 2 aromatic rings. The molecule has 2 aliphatic carbocycles. The Morgan fingerprint density at radius 2 is 1.92 bits per heavy atom. The topological polar surface area (TPSA) is 86.9 Å². The van der Waals surface area contributed by atoms with Gasteiger partial charge < -0.3 is 10.6 Å². The highest BCUT2D eigenvalue weighted by Crippen LogP contribution is 2.32. The van der Waals surface area contributed by atoms with Crippen molar-refractivity contribution < 1.29 is 9.59 Å². The predicted molar refractivity (Wildman–Crippen MR) is 102 cm³/mol. The van der Waals surface area contributed by atoms with Crippen LogP contribution in [0.4, 0.5) is 10.8 Å². The molecule has 0 bridgehead atoms. The Balaban J connectivity index is 1.31. The molecule has 26 heavy (non-hydrogen) atoms. The van der Waals surface area contributed by atoms with Crippen LogP contribution in [-0.2, 0) is 11.2 Å². The van der Waals surface area contributed by atoms with Gasteiger partial charge in [0.15, 0.2) is 5.82 Å². The highest BCUT2D eigenvalue weighted by atomic mass is 32.1. The minimum atomic E-state index is -0.197. The molecule has 2 aromatic heterocycles. The van der Waals surface area contributed by atoms with Crippen LogP contribution in [0.25, 0.3) is 0 Å². The number of hydrogen-bond donors (Lipinski definition) is 3. The summed E-state index contributed by atoms with van der Waals surface area (Å²) in [5, 5.41) is 13.7. The summed E-state index contributed by atoms with van der Waals surface area (Å²) in [7, 11) is 0. The summed E-state index contributed by atoms with van der Waals surface area (Å²) >= 11 is 1.29. The van der Waals surface area contributed by atoms with Gasteiger partial charge in [-0.25, -0.2) is 0 Å². The van der Waals surface area contributed by atoms with Crippen molar-refractivity contribution >= 4 is 34.0 Å². The van der Waals surface area contributed by atoms with E-state index in [4.69, 9.17) is 0 Å². The fraction of sp³-hybridized carbons (Fsp3) is 0.526. The SMILES string of the molecule is O=C(Nc1cc(CC2CCCCC2)[nH]n1)c1ccc(NC(=O)C2CC2)s1. The van der Waals surface area contributed by atoms with Crippen molar-refractivity contribution in [1.82, 2.24) is 10.2 Å². The Kier molecular flexibility index (Phi) is 5.06. The van der Waals surface area contributed by atoms with E-state index in [0.717, 1.165) is 30.9 Å². The van der Waals surface area contributed by atoms with Crippen LogP contribution in [0.5, 0.6) is 0 Å². The van der Waals surface area contributed by atoms with Gasteiger partial charge in [-0.1, -0.05) is 32.1 Å². The van der Waals surface area contributed by atoms with Crippen LogP contribution in [0.3, 0.4) is 0 Å². The van der Waals surface area contributed by atoms with Gasteiger partial charge in [0.1, 0.15) is 0 Å². The van der Waals surface area contributed by atoms with Crippen molar-refractivity contribution in [1.29, 1.82) is 0 Å². The number of aromatic amines is 1. The predicted octanol–water partition coefficient (Wildman–Crippen LogP) is 4.19. The van der Waals surface area contributed by atoms with E-state index in [1.165, 1.54) is 43.4 Å². The standard InChI is InChI=1S/C19H24N4O2S/c24-18(13-6-7-13)21-17-9-8-15(26-17)19(25)20-16-11-14(22-23-16)10-12-4-2-1-3-5-12/h8-9,11-13H,1-7,10H2,(H,21,24)(H2,20,22,23,25). The number of carbonyl (C=O) groups is 2. The Labute approximate surface area is 156 Å². The first-order valence-electron chi connectivity index (χ1n) is 9.44. The summed E-state index contributed by atoms with van der Waals surface area (Å²) < 4.78 is 0. The first kappa shape index (κ1) is 17.3. The molecular formula is C19H24N4O2S. The molecule has 2 heterocycles. The number of carbonyl (C=O) groups excluding carboxylic acids is 2. The number of amides is 2. The van der Waals surface area contributed by atoms with E-state index in [0.29, 0.717) is 15.7 Å². The molecule has 0 unspecified atom stereocenters. The Morgan fingerprint density at radius 1 is 1.12 bits per heavy atom. The minimum Gasteiger partial charge on any atom is -0.317 e. The van der Waals surface area contributed by atoms with E-state index in [-0.39, 0.29) is 17.7 Å². The number of aromatic nitrogens is 2. The van der Waals surface area contributed by atoms with Crippen LogP contribution in [0.15, 0.2) is 18.2 Å². The van der Waals surface area contributed by atoms with Crippen molar-refractivity contribution in [2.75, 3.05) is 10.6 Å². The van der Waals surface area contributed by atoms with Gasteiger partial charge in [-0.15, -0.1) is 11.3 Å². The first-order chi connectivity index (χ1) is 12.7. The Hall–Kier alpha value is -2.15. The zero-order valence-corrected chi connectivity index (χ0v) is 15.5. The van der Waals surface area contributed by atoms with Crippen molar-refractivity contribution in [3.05, 3.63) is 28.8 Å². The second kappa shape index (κ2) is 7.61. The van der Waals surface area contributed by atoms with Gasteiger partial charge in [-0.2, -0.15) is 5.10 Å². The largest absolute Gasteiger partial charge is 0.317 e. The fourth-order valence-electron chi connectivity index (χ4n) is 3.51. The third-order valence-corrected chi connectivity index (χ3v) is 6.13. The quantitative estimate of drug-likeness (QED) is 0.710. The monoisotopic (exact) mass is 372 g/mol. The van der Waals surface area contributed by atoms with E-state index in [1.807, 2.05) is 6.07 Å². The van der Waals surface area contributed by atoms with E-state index >= 15 is 0 Å². The van der Waals surface area contributed by atoms with Gasteiger partial charge in [0.2, 0.25) is 5.91 Å². The summed E-state index contributed by atoms with van der Waals surface area (Å²) in [6.45, 7) is 0. The summed E-state index contributed by atoms with van der Waals surface area (Å²) in [6.07, 6.45) is 9.49. The molecule has 7 heteroatoms. The number of rotatable bonds is 6. The molecule has 0 aliphatic heterocycles. The van der Waals surface area contributed by atoms with Crippen molar-refractivity contribution in [2.24, 2.45) is 11.8 Å². The minimum absolute atomic E-state index is 0.0541. The average molecular weight is 372 g/mol. The second-order valence-electron chi connectivity index (χ2n) is 7.37. The summed E-state index contributed by atoms with van der Waals surface area (Å²) in [5.41, 5.74) is 1.08. The molecular weight excluding hydrogens is 348 g/mol. The number of hydrogen-bond acceptors (Lipinski definition) is 4. The number of nitrogens with one attached hydrogen (secondary N) is 3. The lowest BCUT2D eigenvalue weighted by atomic mass is 9.86. The van der Waals surface area contributed by atoms with Gasteiger partial charge in [-0.3, -0.25) is 14.7 Å². The van der Waals surface area contributed by atoms with Crippen LogP contribution < -0.4 is 10.6 Å². The third-order valence-electron chi connectivity index (χ3n) is 5.13. The zero-order valence-electron chi connectivity index (χ0n) is 14.7. The molecule has 0 radical (unpaired) electrons. The fourth-order valence-corrected chi connectivity index (χ4v) is 4.31. The van der Waals surface area contributed by atoms with Crippen molar-refractivity contribution in [2.45, 2.75) is 51.4 Å². The van der Waals surface area contributed by atoms with Crippen molar-refractivity contribution in [3.8, 4) is 0 Å². The molecule has 138 valence electrons. The Bertz CT molecular complexity index is 787. The highest BCUT2D eigenvalue weighted by molar-refractivity contribution is 7.18. The van der Waals surface area contributed by atoms with Crippen LogP contribution in [0.1, 0.15) is 60.3 Å². The van der Waals surface area contributed by atoms with Crippen LogP contribution in [-0.4, -0.2) is 22.0 Å². The smallest absolute Gasteiger partial charge is 0.267 e.